The SMILES string of the molecule is COC(=O)c1ccc(C(=O)N/N=C(\C)c2c(C)[nH]n(-c3ccc(Cl)nn3)c2=O)cc1. The van der Waals surface area contributed by atoms with Crippen molar-refractivity contribution in [2.45, 2.75) is 13.8 Å². The number of hydrazone groups is 1. The van der Waals surface area contributed by atoms with Crippen LogP contribution in [0, 0.1) is 6.92 Å². The number of benzene rings is 1. The van der Waals surface area contributed by atoms with Gasteiger partial charge in [0.05, 0.1) is 23.9 Å². The monoisotopic (exact) mass is 428 g/mol. The summed E-state index contributed by atoms with van der Waals surface area (Å²) in [6.07, 6.45) is 0. The molecule has 0 atom stereocenters. The molecule has 0 saturated carbocycles. The van der Waals surface area contributed by atoms with E-state index < -0.39 is 17.4 Å². The molecule has 3 rings (SSSR count). The maximum absolute atomic E-state index is 12.8. The van der Waals surface area contributed by atoms with Crippen molar-refractivity contribution < 1.29 is 14.3 Å². The molecule has 0 saturated heterocycles. The van der Waals surface area contributed by atoms with E-state index in [2.05, 4.69) is 30.6 Å². The zero-order chi connectivity index (χ0) is 21.8. The number of hydrogen-bond donors (Lipinski definition) is 2. The Bertz CT molecular complexity index is 1180. The van der Waals surface area contributed by atoms with Crippen molar-refractivity contribution in [3.63, 3.8) is 0 Å². The number of H-pyrrole nitrogens is 1. The third kappa shape index (κ3) is 4.28. The van der Waals surface area contributed by atoms with Gasteiger partial charge < -0.3 is 4.74 Å². The van der Waals surface area contributed by atoms with E-state index in [1.165, 1.54) is 42.1 Å². The molecule has 154 valence electrons. The molecule has 11 heteroatoms. The summed E-state index contributed by atoms with van der Waals surface area (Å²) >= 11 is 5.73. The minimum absolute atomic E-state index is 0.204. The highest BCUT2D eigenvalue weighted by Gasteiger charge is 2.17. The fraction of sp³-hybridized carbons (Fsp3) is 0.158. The maximum atomic E-state index is 12.8. The van der Waals surface area contributed by atoms with Crippen LogP contribution in [0.4, 0.5) is 0 Å². The minimum atomic E-state index is -0.500. The van der Waals surface area contributed by atoms with E-state index in [0.717, 1.165) is 0 Å². The molecule has 1 amide bonds. The first-order valence-corrected chi connectivity index (χ1v) is 9.04. The molecule has 2 N–H and O–H groups in total. The molecule has 30 heavy (non-hydrogen) atoms. The predicted octanol–water partition coefficient (Wildman–Crippen LogP) is 1.86. The van der Waals surface area contributed by atoms with E-state index in [-0.39, 0.29) is 16.5 Å². The Balaban J connectivity index is 1.80. The van der Waals surface area contributed by atoms with Crippen molar-refractivity contribution in [1.82, 2.24) is 25.4 Å². The average Bonchev–Trinajstić information content (AvgIpc) is 3.05. The molecule has 0 radical (unpaired) electrons. The van der Waals surface area contributed by atoms with Gasteiger partial charge in [0, 0.05) is 11.3 Å². The van der Waals surface area contributed by atoms with E-state index in [1.807, 2.05) is 0 Å². The maximum Gasteiger partial charge on any atom is 0.337 e. The van der Waals surface area contributed by atoms with Crippen LogP contribution in [0.2, 0.25) is 5.15 Å². The number of methoxy groups -OCH3 is 1. The molecule has 0 aliphatic heterocycles. The predicted molar refractivity (Wildman–Crippen MR) is 109 cm³/mol. The number of rotatable bonds is 5. The molecular formula is C19H17ClN6O4. The van der Waals surface area contributed by atoms with Crippen molar-refractivity contribution in [3.8, 4) is 5.82 Å². The summed E-state index contributed by atoms with van der Waals surface area (Å²) in [5.41, 5.74) is 3.73. The third-order valence-corrected chi connectivity index (χ3v) is 4.38. The van der Waals surface area contributed by atoms with Crippen molar-refractivity contribution in [1.29, 1.82) is 0 Å². The van der Waals surface area contributed by atoms with Crippen molar-refractivity contribution in [3.05, 3.63) is 74.3 Å². The summed E-state index contributed by atoms with van der Waals surface area (Å²) < 4.78 is 5.82. The summed E-state index contributed by atoms with van der Waals surface area (Å²) in [5.74, 6) is -0.732. The first kappa shape index (κ1) is 20.9. The van der Waals surface area contributed by atoms with Gasteiger partial charge in [0.1, 0.15) is 0 Å². The molecule has 0 unspecified atom stereocenters. The Morgan fingerprint density at radius 3 is 2.40 bits per heavy atom. The molecule has 1 aromatic carbocycles. The largest absolute Gasteiger partial charge is 0.465 e. The highest BCUT2D eigenvalue weighted by Crippen LogP contribution is 2.09. The number of ether oxygens (including phenoxy) is 1. The van der Waals surface area contributed by atoms with Crippen LogP contribution in [0.15, 0.2) is 46.3 Å². The fourth-order valence-corrected chi connectivity index (χ4v) is 2.79. The first-order chi connectivity index (χ1) is 14.3. The fourth-order valence-electron chi connectivity index (χ4n) is 2.69. The quantitative estimate of drug-likeness (QED) is 0.362. The van der Waals surface area contributed by atoms with Gasteiger partial charge >= 0.3 is 5.97 Å². The Morgan fingerprint density at radius 1 is 1.13 bits per heavy atom. The van der Waals surface area contributed by atoms with E-state index in [4.69, 9.17) is 11.6 Å². The van der Waals surface area contributed by atoms with Gasteiger partial charge in [-0.05, 0) is 50.2 Å². The number of amides is 1. The van der Waals surface area contributed by atoms with E-state index in [9.17, 15) is 14.4 Å². The molecule has 0 aliphatic carbocycles. The molecule has 2 aromatic heterocycles. The van der Waals surface area contributed by atoms with Gasteiger partial charge in [-0.3, -0.25) is 14.7 Å². The number of esters is 1. The number of hydrogen-bond acceptors (Lipinski definition) is 7. The number of carbonyl (C=O) groups is 2. The number of nitrogens with zero attached hydrogens (tertiary/aromatic N) is 4. The van der Waals surface area contributed by atoms with Crippen LogP contribution in [-0.4, -0.2) is 44.7 Å². The summed E-state index contributed by atoms with van der Waals surface area (Å²) in [5, 5.41) is 14.7. The second-order valence-electron chi connectivity index (χ2n) is 6.17. The molecule has 0 fully saturated rings. The van der Waals surface area contributed by atoms with Crippen LogP contribution < -0.4 is 11.0 Å². The number of aromatic amines is 1. The smallest absolute Gasteiger partial charge is 0.337 e. The van der Waals surface area contributed by atoms with Gasteiger partial charge in [-0.1, -0.05) is 11.6 Å². The molecule has 0 bridgehead atoms. The van der Waals surface area contributed by atoms with Gasteiger partial charge in [0.15, 0.2) is 11.0 Å². The zero-order valence-corrected chi connectivity index (χ0v) is 17.0. The molecule has 3 aromatic rings. The third-order valence-electron chi connectivity index (χ3n) is 4.17. The topological polar surface area (TPSA) is 131 Å². The summed E-state index contributed by atoms with van der Waals surface area (Å²) in [6, 6.07) is 8.95. The van der Waals surface area contributed by atoms with Crippen LogP contribution in [0.25, 0.3) is 5.82 Å². The number of aromatic nitrogens is 4. The molecular weight excluding hydrogens is 412 g/mol. The van der Waals surface area contributed by atoms with Crippen molar-refractivity contribution >= 4 is 29.2 Å². The van der Waals surface area contributed by atoms with Crippen LogP contribution in [-0.2, 0) is 4.74 Å². The zero-order valence-electron chi connectivity index (χ0n) is 16.3. The summed E-state index contributed by atoms with van der Waals surface area (Å²) in [4.78, 5) is 36.5. The second kappa shape index (κ2) is 8.70. The molecule has 2 heterocycles. The van der Waals surface area contributed by atoms with E-state index >= 15 is 0 Å². The first-order valence-electron chi connectivity index (χ1n) is 8.66. The van der Waals surface area contributed by atoms with Crippen molar-refractivity contribution in [2.24, 2.45) is 5.10 Å². The Hall–Kier alpha value is -3.79. The van der Waals surface area contributed by atoms with Crippen molar-refractivity contribution in [2.75, 3.05) is 7.11 Å². The minimum Gasteiger partial charge on any atom is -0.465 e. The lowest BCUT2D eigenvalue weighted by Gasteiger charge is -2.03. The van der Waals surface area contributed by atoms with Crippen LogP contribution in [0.3, 0.4) is 0 Å². The standard InChI is InChI=1S/C19H17ClN6O4/c1-10(21-24-17(27)12-4-6-13(7-5-12)19(29)30-3)16-11(2)25-26(18(16)28)15-9-8-14(20)22-23-15/h4-9,25H,1-3H3,(H,24,27)/b21-10+. The van der Waals surface area contributed by atoms with Gasteiger partial charge in [0.25, 0.3) is 11.5 Å². The Morgan fingerprint density at radius 2 is 1.80 bits per heavy atom. The molecule has 0 spiro atoms. The normalized spacial score (nSPS) is 11.3. The van der Waals surface area contributed by atoms with Gasteiger partial charge in [-0.25, -0.2) is 10.2 Å². The van der Waals surface area contributed by atoms with Crippen LogP contribution >= 0.6 is 11.6 Å². The lowest BCUT2D eigenvalue weighted by Crippen LogP contribution is -2.24. The number of nitrogens with one attached hydrogen (secondary N) is 2. The Labute approximate surface area is 175 Å². The lowest BCUT2D eigenvalue weighted by molar-refractivity contribution is 0.0600. The second-order valence-corrected chi connectivity index (χ2v) is 6.56. The molecule has 0 aliphatic rings. The highest BCUT2D eigenvalue weighted by atomic mass is 35.5. The van der Waals surface area contributed by atoms with Gasteiger partial charge in [0.2, 0.25) is 0 Å². The number of carbonyl (C=O) groups excluding carboxylic acids is 2. The lowest BCUT2D eigenvalue weighted by atomic mass is 10.1. The highest BCUT2D eigenvalue weighted by molar-refractivity contribution is 6.29. The van der Waals surface area contributed by atoms with Gasteiger partial charge in [-0.2, -0.15) is 9.78 Å². The molecule has 10 nitrogen and oxygen atoms in total. The van der Waals surface area contributed by atoms with E-state index in [0.29, 0.717) is 22.5 Å². The van der Waals surface area contributed by atoms with E-state index in [1.54, 1.807) is 19.9 Å². The van der Waals surface area contributed by atoms with Gasteiger partial charge in [-0.15, -0.1) is 10.2 Å². The van der Waals surface area contributed by atoms with Crippen LogP contribution in [0.1, 0.15) is 38.9 Å². The summed E-state index contributed by atoms with van der Waals surface area (Å²) in [6.45, 7) is 3.29. The number of aryl methyl sites for hydroxylation is 1. The summed E-state index contributed by atoms with van der Waals surface area (Å²) in [7, 11) is 1.27. The average molecular weight is 429 g/mol. The number of halogens is 1. The van der Waals surface area contributed by atoms with Crippen LogP contribution in [0.5, 0.6) is 0 Å². The Kier molecular flexibility index (Phi) is 6.07.